The molecule has 1 aliphatic heterocycles. The third kappa shape index (κ3) is 3.28. The van der Waals surface area contributed by atoms with Gasteiger partial charge in [0.1, 0.15) is 10.8 Å². The summed E-state index contributed by atoms with van der Waals surface area (Å²) < 4.78 is 9.26. The molecule has 0 aliphatic carbocycles. The molecule has 3 rings (SSSR count). The number of aromatic nitrogens is 2. The van der Waals surface area contributed by atoms with E-state index in [2.05, 4.69) is 19.6 Å². The Morgan fingerprint density at radius 1 is 1.52 bits per heavy atom. The van der Waals surface area contributed by atoms with E-state index in [1.54, 1.807) is 7.11 Å². The van der Waals surface area contributed by atoms with Gasteiger partial charge in [0.25, 0.3) is 0 Å². The molecule has 112 valence electrons. The third-order valence-corrected chi connectivity index (χ3v) is 4.91. The second-order valence-electron chi connectivity index (χ2n) is 4.93. The molecule has 5 nitrogen and oxygen atoms in total. The van der Waals surface area contributed by atoms with Gasteiger partial charge < -0.3 is 15.0 Å². The zero-order valence-corrected chi connectivity index (χ0v) is 13.3. The third-order valence-electron chi connectivity index (χ3n) is 3.58. The van der Waals surface area contributed by atoms with Crippen LogP contribution in [0.15, 0.2) is 24.4 Å². The van der Waals surface area contributed by atoms with Crippen LogP contribution in [-0.4, -0.2) is 35.6 Å². The van der Waals surface area contributed by atoms with Gasteiger partial charge in [0.2, 0.25) is 5.88 Å². The number of anilines is 1. The Hall–Kier alpha value is -1.37. The Labute approximate surface area is 133 Å². The van der Waals surface area contributed by atoms with Crippen molar-refractivity contribution in [2.24, 2.45) is 0 Å². The molecule has 0 aromatic carbocycles. The van der Waals surface area contributed by atoms with Crippen LogP contribution >= 0.6 is 23.1 Å². The van der Waals surface area contributed by atoms with Crippen molar-refractivity contribution in [1.82, 2.24) is 14.7 Å². The second-order valence-corrected chi connectivity index (χ2v) is 6.17. The number of rotatable bonds is 5. The number of nitrogens with zero attached hydrogens (tertiary/aromatic N) is 3. The zero-order valence-electron chi connectivity index (χ0n) is 11.8. The van der Waals surface area contributed by atoms with Crippen molar-refractivity contribution in [3.05, 3.63) is 34.3 Å². The van der Waals surface area contributed by atoms with Gasteiger partial charge in [-0.1, -0.05) is 17.7 Å². The number of methoxy groups -OCH3 is 1. The summed E-state index contributed by atoms with van der Waals surface area (Å²) in [7, 11) is 1.58. The molecule has 0 bridgehead atoms. The van der Waals surface area contributed by atoms with Crippen LogP contribution in [0, 0.1) is 0 Å². The molecule has 0 radical (unpaired) electrons. The number of nitrogens with one attached hydrogen (secondary N) is 1. The van der Waals surface area contributed by atoms with Crippen molar-refractivity contribution in [3.63, 3.8) is 0 Å². The van der Waals surface area contributed by atoms with Crippen molar-refractivity contribution in [3.8, 4) is 5.88 Å². The summed E-state index contributed by atoms with van der Waals surface area (Å²) in [6, 6.07) is 6.45. The van der Waals surface area contributed by atoms with E-state index in [-0.39, 0.29) is 0 Å². The van der Waals surface area contributed by atoms with Crippen molar-refractivity contribution in [2.75, 3.05) is 25.1 Å². The monoisotopic (exact) mass is 324 g/mol. The van der Waals surface area contributed by atoms with Crippen LogP contribution in [-0.2, 0) is 6.54 Å². The van der Waals surface area contributed by atoms with Crippen molar-refractivity contribution < 1.29 is 4.74 Å². The Kier molecular flexibility index (Phi) is 4.57. The molecule has 0 spiro atoms. The van der Waals surface area contributed by atoms with Crippen LogP contribution < -0.4 is 15.0 Å². The van der Waals surface area contributed by atoms with E-state index < -0.39 is 0 Å². The van der Waals surface area contributed by atoms with Gasteiger partial charge in [0, 0.05) is 31.9 Å². The maximum absolute atomic E-state index is 6.20. The lowest BCUT2D eigenvalue weighted by Gasteiger charge is -2.17. The minimum Gasteiger partial charge on any atom is -0.479 e. The summed E-state index contributed by atoms with van der Waals surface area (Å²) in [4.78, 5) is 7.71. The van der Waals surface area contributed by atoms with Gasteiger partial charge in [-0.25, -0.2) is 4.98 Å². The normalized spacial score (nSPS) is 18.2. The standard InChI is InChI=1S/C14H17ClN4OS/c1-20-14-13(15)11(21-18-14)8-17-10-5-7-19(9-10)12-4-2-3-6-16-12/h2-4,6,10,17H,5,7-9H2,1H3. The van der Waals surface area contributed by atoms with E-state index in [4.69, 9.17) is 16.3 Å². The number of pyridine rings is 1. The van der Waals surface area contributed by atoms with Gasteiger partial charge in [-0.15, -0.1) is 0 Å². The van der Waals surface area contributed by atoms with E-state index in [9.17, 15) is 0 Å². The molecular formula is C14H17ClN4OS. The lowest BCUT2D eigenvalue weighted by Crippen LogP contribution is -2.32. The molecule has 1 N–H and O–H groups in total. The van der Waals surface area contributed by atoms with Gasteiger partial charge in [0.05, 0.1) is 12.0 Å². The molecule has 1 aliphatic rings. The number of hydrogen-bond donors (Lipinski definition) is 1. The highest BCUT2D eigenvalue weighted by Crippen LogP contribution is 2.30. The average molecular weight is 325 g/mol. The fourth-order valence-electron chi connectivity index (χ4n) is 2.45. The van der Waals surface area contributed by atoms with Crippen LogP contribution in [0.2, 0.25) is 5.02 Å². The lowest BCUT2D eigenvalue weighted by atomic mass is 10.2. The first-order valence-corrected chi connectivity index (χ1v) is 8.00. The lowest BCUT2D eigenvalue weighted by molar-refractivity contribution is 0.402. The summed E-state index contributed by atoms with van der Waals surface area (Å²) in [6.45, 7) is 2.71. The molecule has 1 saturated heterocycles. The van der Waals surface area contributed by atoms with Gasteiger partial charge in [-0.2, -0.15) is 4.37 Å². The first-order chi connectivity index (χ1) is 10.3. The Morgan fingerprint density at radius 3 is 3.14 bits per heavy atom. The Morgan fingerprint density at radius 2 is 2.43 bits per heavy atom. The molecular weight excluding hydrogens is 308 g/mol. The first kappa shape index (κ1) is 14.6. The molecule has 1 fully saturated rings. The summed E-state index contributed by atoms with van der Waals surface area (Å²) in [6.07, 6.45) is 2.93. The molecule has 1 atom stereocenters. The number of halogens is 1. The molecule has 1 unspecified atom stereocenters. The van der Waals surface area contributed by atoms with Crippen LogP contribution in [0.25, 0.3) is 0 Å². The van der Waals surface area contributed by atoms with E-state index in [1.807, 2.05) is 24.4 Å². The van der Waals surface area contributed by atoms with Crippen LogP contribution in [0.1, 0.15) is 11.3 Å². The topological polar surface area (TPSA) is 50.3 Å². The minimum absolute atomic E-state index is 0.441. The molecule has 7 heteroatoms. The quantitative estimate of drug-likeness (QED) is 0.916. The number of hydrogen-bond acceptors (Lipinski definition) is 6. The molecule has 3 heterocycles. The Bertz CT molecular complexity index is 592. The molecule has 2 aromatic rings. The van der Waals surface area contributed by atoms with E-state index in [1.165, 1.54) is 11.5 Å². The summed E-state index contributed by atoms with van der Waals surface area (Å²) in [5, 5.41) is 4.16. The largest absolute Gasteiger partial charge is 0.479 e. The highest BCUT2D eigenvalue weighted by Gasteiger charge is 2.23. The SMILES string of the molecule is COc1nsc(CNC2CCN(c3ccccn3)C2)c1Cl. The van der Waals surface area contributed by atoms with Crippen molar-refractivity contribution in [1.29, 1.82) is 0 Å². The zero-order chi connectivity index (χ0) is 14.7. The van der Waals surface area contributed by atoms with E-state index >= 15 is 0 Å². The fourth-order valence-corrected chi connectivity index (χ4v) is 3.46. The van der Waals surface area contributed by atoms with Crippen LogP contribution in [0.3, 0.4) is 0 Å². The van der Waals surface area contributed by atoms with Crippen molar-refractivity contribution in [2.45, 2.75) is 19.0 Å². The first-order valence-electron chi connectivity index (χ1n) is 6.85. The van der Waals surface area contributed by atoms with Gasteiger partial charge in [-0.3, -0.25) is 0 Å². The molecule has 0 amide bonds. The Balaban J connectivity index is 1.54. The minimum atomic E-state index is 0.441. The van der Waals surface area contributed by atoms with E-state index in [0.29, 0.717) is 16.9 Å². The van der Waals surface area contributed by atoms with E-state index in [0.717, 1.165) is 36.8 Å². The van der Waals surface area contributed by atoms with Gasteiger partial charge >= 0.3 is 0 Å². The highest BCUT2D eigenvalue weighted by molar-refractivity contribution is 7.06. The van der Waals surface area contributed by atoms with Crippen molar-refractivity contribution >= 4 is 29.0 Å². The van der Waals surface area contributed by atoms with Crippen LogP contribution in [0.5, 0.6) is 5.88 Å². The fraction of sp³-hybridized carbons (Fsp3) is 0.429. The van der Waals surface area contributed by atoms with Gasteiger partial charge in [-0.05, 0) is 30.1 Å². The van der Waals surface area contributed by atoms with Crippen LogP contribution in [0.4, 0.5) is 5.82 Å². The summed E-state index contributed by atoms with van der Waals surface area (Å²) in [5.74, 6) is 1.55. The van der Waals surface area contributed by atoms with Gasteiger partial charge in [0.15, 0.2) is 0 Å². The molecule has 21 heavy (non-hydrogen) atoms. The maximum atomic E-state index is 6.20. The maximum Gasteiger partial charge on any atom is 0.244 e. The average Bonchev–Trinajstić information content (AvgIpc) is 3.13. The second kappa shape index (κ2) is 6.60. The number of ether oxygens (including phenoxy) is 1. The predicted octanol–water partition coefficient (Wildman–Crippen LogP) is 2.57. The smallest absolute Gasteiger partial charge is 0.244 e. The molecule has 0 saturated carbocycles. The highest BCUT2D eigenvalue weighted by atomic mass is 35.5. The summed E-state index contributed by atoms with van der Waals surface area (Å²) in [5.41, 5.74) is 0. The molecule has 2 aromatic heterocycles. The predicted molar refractivity (Wildman–Crippen MR) is 85.4 cm³/mol. The summed E-state index contributed by atoms with van der Waals surface area (Å²) >= 11 is 7.58.